The summed E-state index contributed by atoms with van der Waals surface area (Å²) in [4.78, 5) is 9.50. The minimum atomic E-state index is 0.597. The average molecular weight is 248 g/mol. The van der Waals surface area contributed by atoms with E-state index in [1.807, 2.05) is 0 Å². The Balaban J connectivity index is 2.17. The fourth-order valence-corrected chi connectivity index (χ4v) is 2.33. The molecule has 0 bridgehead atoms. The van der Waals surface area contributed by atoms with E-state index in [1.54, 1.807) is 0 Å². The van der Waals surface area contributed by atoms with Crippen LogP contribution in [0.5, 0.6) is 0 Å². The van der Waals surface area contributed by atoms with Crippen molar-refractivity contribution in [1.82, 2.24) is 9.88 Å². The number of nitrogens with zero attached hydrogens (tertiary/aromatic N) is 3. The fourth-order valence-electron chi connectivity index (χ4n) is 2.33. The number of aromatic nitrogens is 1. The molecule has 0 saturated carbocycles. The van der Waals surface area contributed by atoms with Crippen LogP contribution in [0, 0.1) is 0 Å². The molecule has 1 fully saturated rings. The van der Waals surface area contributed by atoms with E-state index in [4.69, 9.17) is 10.7 Å². The number of aryl methyl sites for hydroxylation is 1. The summed E-state index contributed by atoms with van der Waals surface area (Å²) >= 11 is 0. The van der Waals surface area contributed by atoms with Crippen molar-refractivity contribution in [2.75, 3.05) is 38.1 Å². The zero-order chi connectivity index (χ0) is 13.0. The summed E-state index contributed by atoms with van der Waals surface area (Å²) in [5.74, 6) is 1.11. The number of rotatable bonds is 4. The highest BCUT2D eigenvalue weighted by Crippen LogP contribution is 2.17. The first-order valence-corrected chi connectivity index (χ1v) is 6.86. The summed E-state index contributed by atoms with van der Waals surface area (Å²) in [7, 11) is 2.17. The van der Waals surface area contributed by atoms with Gasteiger partial charge >= 0.3 is 0 Å². The second-order valence-corrected chi connectivity index (χ2v) is 5.07. The van der Waals surface area contributed by atoms with Crippen LogP contribution in [0.3, 0.4) is 0 Å². The number of hydrogen-bond donors (Lipinski definition) is 1. The Kier molecular flexibility index (Phi) is 4.55. The van der Waals surface area contributed by atoms with Crippen molar-refractivity contribution in [3.05, 3.63) is 23.4 Å². The normalized spacial score (nSPS) is 17.2. The third-order valence-corrected chi connectivity index (χ3v) is 3.49. The summed E-state index contributed by atoms with van der Waals surface area (Å²) in [5.41, 5.74) is 8.15. The maximum absolute atomic E-state index is 5.78. The van der Waals surface area contributed by atoms with Gasteiger partial charge in [-0.15, -0.1) is 0 Å². The van der Waals surface area contributed by atoms with Crippen LogP contribution in [-0.4, -0.2) is 43.1 Å². The van der Waals surface area contributed by atoms with Crippen molar-refractivity contribution in [2.45, 2.75) is 26.3 Å². The van der Waals surface area contributed by atoms with E-state index in [2.05, 4.69) is 35.9 Å². The summed E-state index contributed by atoms with van der Waals surface area (Å²) < 4.78 is 0. The van der Waals surface area contributed by atoms with Gasteiger partial charge in [0.1, 0.15) is 5.82 Å². The molecule has 0 spiro atoms. The van der Waals surface area contributed by atoms with Crippen molar-refractivity contribution < 1.29 is 0 Å². The van der Waals surface area contributed by atoms with E-state index >= 15 is 0 Å². The topological polar surface area (TPSA) is 45.4 Å². The number of pyridine rings is 1. The predicted molar refractivity (Wildman–Crippen MR) is 75.8 cm³/mol. The molecular formula is C14H24N4. The van der Waals surface area contributed by atoms with Crippen molar-refractivity contribution >= 4 is 5.82 Å². The van der Waals surface area contributed by atoms with E-state index in [-0.39, 0.29) is 0 Å². The predicted octanol–water partition coefficient (Wildman–Crippen LogP) is 1.24. The second kappa shape index (κ2) is 6.16. The number of likely N-dealkylation sites (N-methyl/N-ethyl adjacent to an activating group) is 1. The fraction of sp³-hybridized carbons (Fsp3) is 0.643. The van der Waals surface area contributed by atoms with Crippen LogP contribution in [0.1, 0.15) is 24.6 Å². The average Bonchev–Trinajstić information content (AvgIpc) is 2.39. The summed E-state index contributed by atoms with van der Waals surface area (Å²) in [6.45, 7) is 7.12. The molecule has 1 aliphatic rings. The lowest BCUT2D eigenvalue weighted by molar-refractivity contribution is 0.312. The molecule has 0 amide bonds. The number of anilines is 1. The van der Waals surface area contributed by atoms with Crippen LogP contribution in [0.15, 0.2) is 12.1 Å². The van der Waals surface area contributed by atoms with Crippen molar-refractivity contribution in [1.29, 1.82) is 0 Å². The highest BCUT2D eigenvalue weighted by molar-refractivity contribution is 5.43. The SMILES string of the molecule is CCCc1cc(CN)cc(N2CCN(C)CC2)n1. The number of hydrogen-bond acceptors (Lipinski definition) is 4. The van der Waals surface area contributed by atoms with Gasteiger partial charge in [0.05, 0.1) is 0 Å². The first kappa shape index (κ1) is 13.3. The maximum atomic E-state index is 5.78. The lowest BCUT2D eigenvalue weighted by Gasteiger charge is -2.33. The van der Waals surface area contributed by atoms with Crippen LogP contribution >= 0.6 is 0 Å². The van der Waals surface area contributed by atoms with Crippen LogP contribution in [-0.2, 0) is 13.0 Å². The molecule has 4 nitrogen and oxygen atoms in total. The molecule has 2 heterocycles. The van der Waals surface area contributed by atoms with Gasteiger partial charge in [0.2, 0.25) is 0 Å². The van der Waals surface area contributed by atoms with Gasteiger partial charge in [-0.2, -0.15) is 0 Å². The molecule has 0 unspecified atom stereocenters. The molecule has 2 rings (SSSR count). The van der Waals surface area contributed by atoms with E-state index in [1.165, 1.54) is 11.3 Å². The van der Waals surface area contributed by atoms with Crippen LogP contribution in [0.25, 0.3) is 0 Å². The quantitative estimate of drug-likeness (QED) is 0.871. The molecule has 0 aromatic carbocycles. The third-order valence-electron chi connectivity index (χ3n) is 3.49. The summed E-state index contributed by atoms with van der Waals surface area (Å²) in [6.07, 6.45) is 2.16. The molecule has 100 valence electrons. The molecule has 0 radical (unpaired) electrons. The first-order valence-electron chi connectivity index (χ1n) is 6.86. The van der Waals surface area contributed by atoms with Gasteiger partial charge in [-0.3, -0.25) is 0 Å². The lowest BCUT2D eigenvalue weighted by atomic mass is 10.1. The zero-order valence-corrected chi connectivity index (χ0v) is 11.5. The van der Waals surface area contributed by atoms with Gasteiger partial charge in [0.25, 0.3) is 0 Å². The van der Waals surface area contributed by atoms with Crippen LogP contribution < -0.4 is 10.6 Å². The van der Waals surface area contributed by atoms with Crippen molar-refractivity contribution in [2.24, 2.45) is 5.73 Å². The minimum Gasteiger partial charge on any atom is -0.354 e. The Labute approximate surface area is 110 Å². The molecule has 1 aromatic heterocycles. The summed E-state index contributed by atoms with van der Waals surface area (Å²) in [6, 6.07) is 4.29. The molecule has 18 heavy (non-hydrogen) atoms. The van der Waals surface area contributed by atoms with Gasteiger partial charge < -0.3 is 15.5 Å². The van der Waals surface area contributed by atoms with Crippen LogP contribution in [0.4, 0.5) is 5.82 Å². The van der Waals surface area contributed by atoms with Gasteiger partial charge in [0, 0.05) is 38.4 Å². The molecule has 1 aliphatic heterocycles. The van der Waals surface area contributed by atoms with Gasteiger partial charge in [-0.05, 0) is 31.2 Å². The second-order valence-electron chi connectivity index (χ2n) is 5.07. The molecule has 0 aliphatic carbocycles. The van der Waals surface area contributed by atoms with Crippen LogP contribution in [0.2, 0.25) is 0 Å². The van der Waals surface area contributed by atoms with Gasteiger partial charge in [-0.25, -0.2) is 4.98 Å². The molecule has 4 heteroatoms. The van der Waals surface area contributed by atoms with Gasteiger partial charge in [0.15, 0.2) is 0 Å². The summed E-state index contributed by atoms with van der Waals surface area (Å²) in [5, 5.41) is 0. The number of piperazine rings is 1. The standard InChI is InChI=1S/C14H24N4/c1-3-4-13-9-12(11-15)10-14(16-13)18-7-5-17(2)6-8-18/h9-10H,3-8,11,15H2,1-2H3. The van der Waals surface area contributed by atoms with E-state index in [0.717, 1.165) is 44.8 Å². The van der Waals surface area contributed by atoms with Crippen molar-refractivity contribution in [3.63, 3.8) is 0 Å². The van der Waals surface area contributed by atoms with E-state index in [0.29, 0.717) is 6.54 Å². The molecule has 1 aromatic rings. The highest BCUT2D eigenvalue weighted by atomic mass is 15.3. The third kappa shape index (κ3) is 3.21. The maximum Gasteiger partial charge on any atom is 0.129 e. The smallest absolute Gasteiger partial charge is 0.129 e. The monoisotopic (exact) mass is 248 g/mol. The first-order chi connectivity index (χ1) is 8.72. The highest BCUT2D eigenvalue weighted by Gasteiger charge is 2.16. The van der Waals surface area contributed by atoms with Gasteiger partial charge in [-0.1, -0.05) is 13.3 Å². The number of nitrogens with two attached hydrogens (primary N) is 1. The molecule has 2 N–H and O–H groups in total. The Morgan fingerprint density at radius 1 is 1.22 bits per heavy atom. The molecule has 0 atom stereocenters. The minimum absolute atomic E-state index is 0.597. The largest absolute Gasteiger partial charge is 0.354 e. The van der Waals surface area contributed by atoms with E-state index in [9.17, 15) is 0 Å². The Hall–Kier alpha value is -1.13. The Morgan fingerprint density at radius 2 is 1.94 bits per heavy atom. The Morgan fingerprint density at radius 3 is 2.56 bits per heavy atom. The molecular weight excluding hydrogens is 224 g/mol. The lowest BCUT2D eigenvalue weighted by Crippen LogP contribution is -2.44. The zero-order valence-electron chi connectivity index (χ0n) is 11.5. The molecule has 1 saturated heterocycles. The Bertz CT molecular complexity index is 383. The van der Waals surface area contributed by atoms with E-state index < -0.39 is 0 Å². The van der Waals surface area contributed by atoms with Crippen molar-refractivity contribution in [3.8, 4) is 0 Å².